The number of aliphatic carboxylic acids is 1. The van der Waals surface area contributed by atoms with Crippen molar-refractivity contribution in [3.05, 3.63) is 0 Å². The van der Waals surface area contributed by atoms with Crippen molar-refractivity contribution in [2.24, 2.45) is 5.92 Å². The second-order valence-corrected chi connectivity index (χ2v) is 4.45. The maximum Gasteiger partial charge on any atom is 0.324 e. The van der Waals surface area contributed by atoms with E-state index in [4.69, 9.17) is 4.74 Å². The van der Waals surface area contributed by atoms with Gasteiger partial charge in [0.15, 0.2) is 0 Å². The summed E-state index contributed by atoms with van der Waals surface area (Å²) >= 11 is 0. The van der Waals surface area contributed by atoms with Crippen molar-refractivity contribution in [2.75, 3.05) is 26.3 Å². The molecule has 4 nitrogen and oxygen atoms in total. The van der Waals surface area contributed by atoms with Gasteiger partial charge in [0.2, 0.25) is 0 Å². The van der Waals surface area contributed by atoms with Crippen molar-refractivity contribution in [1.29, 1.82) is 0 Å². The Morgan fingerprint density at radius 2 is 2.00 bits per heavy atom. The van der Waals surface area contributed by atoms with E-state index in [0.29, 0.717) is 19.1 Å². The third-order valence-corrected chi connectivity index (χ3v) is 3.39. The summed E-state index contributed by atoms with van der Waals surface area (Å²) in [7, 11) is 0. The second kappa shape index (κ2) is 3.51. The average Bonchev–Trinajstić information content (AvgIpc) is 2.13. The molecule has 2 aliphatic rings. The van der Waals surface area contributed by atoms with Crippen LogP contribution in [-0.4, -0.2) is 47.8 Å². The van der Waals surface area contributed by atoms with Crippen LogP contribution in [0.15, 0.2) is 0 Å². The SMILES string of the molecule is CC1CC(C(=O)O)(N2CCOCC2)C1. The van der Waals surface area contributed by atoms with Gasteiger partial charge in [-0.3, -0.25) is 9.69 Å². The number of hydrogen-bond acceptors (Lipinski definition) is 3. The molecule has 0 aromatic heterocycles. The molecule has 80 valence electrons. The molecule has 1 aliphatic heterocycles. The van der Waals surface area contributed by atoms with E-state index in [1.54, 1.807) is 0 Å². The molecule has 1 saturated heterocycles. The van der Waals surface area contributed by atoms with Gasteiger partial charge in [-0.05, 0) is 18.8 Å². The van der Waals surface area contributed by atoms with Crippen LogP contribution in [0, 0.1) is 5.92 Å². The second-order valence-electron chi connectivity index (χ2n) is 4.45. The highest BCUT2D eigenvalue weighted by Gasteiger charge is 2.52. The predicted molar refractivity (Wildman–Crippen MR) is 51.2 cm³/mol. The lowest BCUT2D eigenvalue weighted by atomic mass is 9.68. The number of carboxylic acid groups (broad SMARTS) is 1. The number of carbonyl (C=O) groups is 1. The average molecular weight is 199 g/mol. The van der Waals surface area contributed by atoms with Gasteiger partial charge in [0.1, 0.15) is 5.54 Å². The topological polar surface area (TPSA) is 49.8 Å². The first-order valence-corrected chi connectivity index (χ1v) is 5.21. The highest BCUT2D eigenvalue weighted by molar-refractivity contribution is 5.80. The molecule has 0 radical (unpaired) electrons. The number of morpholine rings is 1. The number of nitrogens with zero attached hydrogens (tertiary/aromatic N) is 1. The molecule has 1 saturated carbocycles. The largest absolute Gasteiger partial charge is 0.480 e. The summed E-state index contributed by atoms with van der Waals surface area (Å²) in [6, 6.07) is 0. The molecule has 0 bridgehead atoms. The Hall–Kier alpha value is -0.610. The van der Waals surface area contributed by atoms with Gasteiger partial charge in [0, 0.05) is 13.1 Å². The summed E-state index contributed by atoms with van der Waals surface area (Å²) in [5, 5.41) is 9.27. The lowest BCUT2D eigenvalue weighted by Gasteiger charge is -2.51. The number of rotatable bonds is 2. The normalized spacial score (nSPS) is 39.1. The fraction of sp³-hybridized carbons (Fsp3) is 0.900. The van der Waals surface area contributed by atoms with E-state index < -0.39 is 11.5 Å². The van der Waals surface area contributed by atoms with Crippen molar-refractivity contribution in [1.82, 2.24) is 4.90 Å². The van der Waals surface area contributed by atoms with E-state index in [1.165, 1.54) is 0 Å². The molecule has 0 aromatic carbocycles. The Balaban J connectivity index is 2.07. The number of hydrogen-bond donors (Lipinski definition) is 1. The van der Waals surface area contributed by atoms with Crippen LogP contribution in [0.3, 0.4) is 0 Å². The number of ether oxygens (including phenoxy) is 1. The first-order chi connectivity index (χ1) is 6.65. The molecule has 2 fully saturated rings. The highest BCUT2D eigenvalue weighted by Crippen LogP contribution is 2.42. The standard InChI is InChI=1S/C10H17NO3/c1-8-6-10(7-8,9(12)13)11-2-4-14-5-3-11/h8H,2-7H2,1H3,(H,12,13). The van der Waals surface area contributed by atoms with Crippen molar-refractivity contribution in [2.45, 2.75) is 25.3 Å². The minimum absolute atomic E-state index is 0.550. The van der Waals surface area contributed by atoms with Crippen molar-refractivity contribution < 1.29 is 14.6 Å². The van der Waals surface area contributed by atoms with Gasteiger partial charge in [0.25, 0.3) is 0 Å². The summed E-state index contributed by atoms with van der Waals surface area (Å²) in [5.41, 5.74) is -0.566. The molecule has 0 spiro atoms. The Kier molecular flexibility index (Phi) is 2.49. The van der Waals surface area contributed by atoms with Crippen LogP contribution in [0.1, 0.15) is 19.8 Å². The molecule has 0 amide bonds. The van der Waals surface area contributed by atoms with Gasteiger partial charge in [0.05, 0.1) is 13.2 Å². The van der Waals surface area contributed by atoms with Crippen LogP contribution in [0.2, 0.25) is 0 Å². The lowest BCUT2D eigenvalue weighted by Crippen LogP contribution is -2.64. The number of carboxylic acids is 1. The van der Waals surface area contributed by atoms with Gasteiger partial charge in [-0.1, -0.05) is 6.92 Å². The van der Waals surface area contributed by atoms with E-state index in [0.717, 1.165) is 25.9 Å². The smallest absolute Gasteiger partial charge is 0.324 e. The summed E-state index contributed by atoms with van der Waals surface area (Å²) in [6.07, 6.45) is 1.59. The third-order valence-electron chi connectivity index (χ3n) is 3.39. The van der Waals surface area contributed by atoms with E-state index in [2.05, 4.69) is 11.8 Å². The molecular weight excluding hydrogens is 182 g/mol. The van der Waals surface area contributed by atoms with Gasteiger partial charge >= 0.3 is 5.97 Å². The summed E-state index contributed by atoms with van der Waals surface area (Å²) < 4.78 is 5.24. The quantitative estimate of drug-likeness (QED) is 0.706. The molecule has 1 N–H and O–H groups in total. The van der Waals surface area contributed by atoms with E-state index in [-0.39, 0.29) is 0 Å². The zero-order chi connectivity index (χ0) is 10.2. The zero-order valence-electron chi connectivity index (χ0n) is 8.53. The van der Waals surface area contributed by atoms with Crippen LogP contribution in [0.5, 0.6) is 0 Å². The van der Waals surface area contributed by atoms with Gasteiger partial charge < -0.3 is 9.84 Å². The molecule has 1 aliphatic carbocycles. The Bertz CT molecular complexity index is 230. The van der Waals surface area contributed by atoms with Crippen LogP contribution < -0.4 is 0 Å². The summed E-state index contributed by atoms with van der Waals surface area (Å²) in [4.78, 5) is 13.3. The van der Waals surface area contributed by atoms with Crippen LogP contribution in [0.4, 0.5) is 0 Å². The molecular formula is C10H17NO3. The first kappa shape index (κ1) is 9.93. The van der Waals surface area contributed by atoms with Crippen molar-refractivity contribution in [3.63, 3.8) is 0 Å². The van der Waals surface area contributed by atoms with Gasteiger partial charge in [-0.15, -0.1) is 0 Å². The Labute approximate surface area is 83.8 Å². The first-order valence-electron chi connectivity index (χ1n) is 5.21. The van der Waals surface area contributed by atoms with E-state index >= 15 is 0 Å². The maximum absolute atomic E-state index is 11.3. The lowest BCUT2D eigenvalue weighted by molar-refractivity contribution is -0.167. The Morgan fingerprint density at radius 3 is 2.43 bits per heavy atom. The van der Waals surface area contributed by atoms with Gasteiger partial charge in [-0.2, -0.15) is 0 Å². The fourth-order valence-corrected chi connectivity index (χ4v) is 2.65. The molecule has 14 heavy (non-hydrogen) atoms. The third kappa shape index (κ3) is 1.42. The molecule has 0 unspecified atom stereocenters. The van der Waals surface area contributed by atoms with Crippen LogP contribution in [0.25, 0.3) is 0 Å². The zero-order valence-corrected chi connectivity index (χ0v) is 8.53. The van der Waals surface area contributed by atoms with Crippen LogP contribution in [-0.2, 0) is 9.53 Å². The highest BCUT2D eigenvalue weighted by atomic mass is 16.5. The van der Waals surface area contributed by atoms with E-state index in [9.17, 15) is 9.90 Å². The predicted octanol–water partition coefficient (Wildman–Crippen LogP) is 0.572. The van der Waals surface area contributed by atoms with Gasteiger partial charge in [-0.25, -0.2) is 0 Å². The fourth-order valence-electron chi connectivity index (χ4n) is 2.65. The molecule has 4 heteroatoms. The van der Waals surface area contributed by atoms with Crippen molar-refractivity contribution in [3.8, 4) is 0 Å². The maximum atomic E-state index is 11.3. The van der Waals surface area contributed by atoms with Crippen molar-refractivity contribution >= 4 is 5.97 Å². The summed E-state index contributed by atoms with van der Waals surface area (Å²) in [5.74, 6) is -0.105. The van der Waals surface area contributed by atoms with Crippen LogP contribution >= 0.6 is 0 Å². The minimum atomic E-state index is -0.655. The van der Waals surface area contributed by atoms with E-state index in [1.807, 2.05) is 0 Å². The monoisotopic (exact) mass is 199 g/mol. The summed E-state index contributed by atoms with van der Waals surface area (Å²) in [6.45, 7) is 4.98. The Morgan fingerprint density at radius 1 is 1.43 bits per heavy atom. The molecule has 0 aromatic rings. The molecule has 2 rings (SSSR count). The molecule has 1 heterocycles. The molecule has 0 atom stereocenters. The minimum Gasteiger partial charge on any atom is -0.480 e.